The van der Waals surface area contributed by atoms with Gasteiger partial charge in [-0.25, -0.2) is 0 Å². The van der Waals surface area contributed by atoms with E-state index < -0.39 is 0 Å². The maximum absolute atomic E-state index is 12.3. The van der Waals surface area contributed by atoms with Crippen LogP contribution in [0.5, 0.6) is 0 Å². The molecule has 0 radical (unpaired) electrons. The Morgan fingerprint density at radius 2 is 1.59 bits per heavy atom. The molecule has 0 aliphatic carbocycles. The summed E-state index contributed by atoms with van der Waals surface area (Å²) in [5.41, 5.74) is 2.41. The van der Waals surface area contributed by atoms with Crippen molar-refractivity contribution in [3.05, 3.63) is 54.4 Å². The Bertz CT molecular complexity index is 681. The predicted molar refractivity (Wildman–Crippen MR) is 85.5 cm³/mol. The number of pyridine rings is 1. The quantitative estimate of drug-likeness (QED) is 0.852. The minimum atomic E-state index is -0.309. The number of nitrogens with one attached hydrogen (secondary N) is 2. The van der Waals surface area contributed by atoms with E-state index in [0.29, 0.717) is 11.4 Å². The average Bonchev–Trinajstić information content (AvgIpc) is 2.48. The molecular weight excluding hydrogens is 278 g/mol. The first-order valence-electron chi connectivity index (χ1n) is 7.12. The van der Waals surface area contributed by atoms with Crippen LogP contribution >= 0.6 is 0 Å². The van der Waals surface area contributed by atoms with E-state index in [-0.39, 0.29) is 17.9 Å². The highest BCUT2D eigenvalue weighted by Gasteiger charge is 2.23. The number of carbonyl (C=O) groups is 2. The lowest BCUT2D eigenvalue weighted by Gasteiger charge is -2.11. The molecular formula is C17H20N3O2+. The molecule has 2 rings (SSSR count). The third kappa shape index (κ3) is 3.91. The Labute approximate surface area is 130 Å². The minimum Gasteiger partial charge on any atom is -0.326 e. The van der Waals surface area contributed by atoms with Crippen LogP contribution in [0.25, 0.3) is 0 Å². The van der Waals surface area contributed by atoms with Gasteiger partial charge in [-0.1, -0.05) is 6.07 Å². The highest BCUT2D eigenvalue weighted by molar-refractivity contribution is 5.93. The topological polar surface area (TPSA) is 62.1 Å². The van der Waals surface area contributed by atoms with Gasteiger partial charge in [0.2, 0.25) is 11.9 Å². The van der Waals surface area contributed by atoms with Crippen LogP contribution in [0.15, 0.2) is 48.7 Å². The average molecular weight is 298 g/mol. The van der Waals surface area contributed by atoms with Crippen LogP contribution < -0.4 is 15.2 Å². The van der Waals surface area contributed by atoms with Crippen LogP contribution in [0.2, 0.25) is 0 Å². The summed E-state index contributed by atoms with van der Waals surface area (Å²) in [7, 11) is 0. The molecule has 1 atom stereocenters. The summed E-state index contributed by atoms with van der Waals surface area (Å²) < 4.78 is 1.92. The van der Waals surface area contributed by atoms with Crippen molar-refractivity contribution >= 4 is 23.2 Å². The fourth-order valence-corrected chi connectivity index (χ4v) is 2.19. The smallest absolute Gasteiger partial charge is 0.293 e. The molecule has 2 N–H and O–H groups in total. The molecule has 5 heteroatoms. The number of aromatic nitrogens is 1. The lowest BCUT2D eigenvalue weighted by molar-refractivity contribution is -0.711. The molecule has 0 saturated carbocycles. The molecule has 22 heavy (non-hydrogen) atoms. The van der Waals surface area contributed by atoms with Crippen molar-refractivity contribution in [3.8, 4) is 0 Å². The maximum Gasteiger partial charge on any atom is 0.293 e. The van der Waals surface area contributed by atoms with Gasteiger partial charge in [0, 0.05) is 44.3 Å². The van der Waals surface area contributed by atoms with Crippen molar-refractivity contribution in [2.24, 2.45) is 0 Å². The molecule has 2 aromatic rings. The molecule has 1 aromatic carbocycles. The van der Waals surface area contributed by atoms with E-state index in [4.69, 9.17) is 0 Å². The van der Waals surface area contributed by atoms with Crippen molar-refractivity contribution in [1.82, 2.24) is 0 Å². The fraction of sp³-hybridized carbons (Fsp3) is 0.235. The number of hydrogen-bond donors (Lipinski definition) is 2. The predicted octanol–water partition coefficient (Wildman–Crippen LogP) is 2.44. The van der Waals surface area contributed by atoms with E-state index in [2.05, 4.69) is 10.6 Å². The number of hydrogen-bond acceptors (Lipinski definition) is 2. The standard InChI is InChI=1S/C17H19N3O2/c1-12-6-4-5-11-20(12)13(2)17(22)19-16-9-7-15(8-10-16)18-14(3)21/h4-11,13H,1-3H3,(H-,18,19,21,22)/p+1/t13-/m1/s1. The van der Waals surface area contributed by atoms with E-state index in [0.717, 1.165) is 5.69 Å². The Balaban J connectivity index is 2.05. The van der Waals surface area contributed by atoms with E-state index in [1.165, 1.54) is 6.92 Å². The first-order chi connectivity index (χ1) is 10.5. The summed E-state index contributed by atoms with van der Waals surface area (Å²) in [6.07, 6.45) is 1.89. The first-order valence-corrected chi connectivity index (χ1v) is 7.12. The fourth-order valence-electron chi connectivity index (χ4n) is 2.19. The second kappa shape index (κ2) is 6.85. The van der Waals surface area contributed by atoms with E-state index in [1.54, 1.807) is 24.3 Å². The molecule has 0 fully saturated rings. The van der Waals surface area contributed by atoms with Crippen molar-refractivity contribution in [1.29, 1.82) is 0 Å². The highest BCUT2D eigenvalue weighted by Crippen LogP contribution is 2.14. The van der Waals surface area contributed by atoms with Crippen molar-refractivity contribution in [2.75, 3.05) is 10.6 Å². The Kier molecular flexibility index (Phi) is 4.88. The summed E-state index contributed by atoms with van der Waals surface area (Å²) in [6.45, 7) is 5.27. The van der Waals surface area contributed by atoms with Gasteiger partial charge in [-0.3, -0.25) is 9.59 Å². The van der Waals surface area contributed by atoms with Gasteiger partial charge in [0.05, 0.1) is 0 Å². The zero-order valence-electron chi connectivity index (χ0n) is 13.0. The monoisotopic (exact) mass is 298 g/mol. The Morgan fingerprint density at radius 1 is 1.00 bits per heavy atom. The van der Waals surface area contributed by atoms with Crippen LogP contribution in [0.4, 0.5) is 11.4 Å². The molecule has 0 aliphatic rings. The first kappa shape index (κ1) is 15.7. The number of rotatable bonds is 4. The van der Waals surface area contributed by atoms with E-state index in [1.807, 2.05) is 42.8 Å². The van der Waals surface area contributed by atoms with Crippen molar-refractivity contribution in [3.63, 3.8) is 0 Å². The molecule has 1 aromatic heterocycles. The van der Waals surface area contributed by atoms with Gasteiger partial charge in [-0.15, -0.1) is 0 Å². The van der Waals surface area contributed by atoms with Crippen LogP contribution in [-0.2, 0) is 9.59 Å². The maximum atomic E-state index is 12.3. The SMILES string of the molecule is CC(=O)Nc1ccc(NC(=O)[C@@H](C)[n+]2ccccc2C)cc1. The number of aryl methyl sites for hydroxylation is 1. The Morgan fingerprint density at radius 3 is 2.14 bits per heavy atom. The highest BCUT2D eigenvalue weighted by atomic mass is 16.2. The zero-order valence-corrected chi connectivity index (χ0v) is 13.0. The lowest BCUT2D eigenvalue weighted by atomic mass is 10.2. The number of carbonyl (C=O) groups excluding carboxylic acids is 2. The molecule has 2 amide bonds. The van der Waals surface area contributed by atoms with Gasteiger partial charge in [0.25, 0.3) is 5.91 Å². The summed E-state index contributed by atoms with van der Waals surface area (Å²) in [6, 6.07) is 12.5. The Hall–Kier alpha value is -2.69. The van der Waals surface area contributed by atoms with Crippen LogP contribution in [0, 0.1) is 6.92 Å². The van der Waals surface area contributed by atoms with E-state index >= 15 is 0 Å². The van der Waals surface area contributed by atoms with Gasteiger partial charge in [-0.05, 0) is 24.3 Å². The molecule has 0 aliphatic heterocycles. The summed E-state index contributed by atoms with van der Waals surface area (Å²) in [5.74, 6) is -0.215. The van der Waals surface area contributed by atoms with Gasteiger partial charge in [0.15, 0.2) is 11.9 Å². The normalized spacial score (nSPS) is 11.6. The molecule has 0 unspecified atom stereocenters. The van der Waals surface area contributed by atoms with Gasteiger partial charge >= 0.3 is 0 Å². The van der Waals surface area contributed by atoms with Crippen LogP contribution in [0.3, 0.4) is 0 Å². The summed E-state index contributed by atoms with van der Waals surface area (Å²) in [4.78, 5) is 23.3. The molecule has 0 bridgehead atoms. The van der Waals surface area contributed by atoms with Crippen LogP contribution in [0.1, 0.15) is 25.6 Å². The second-order valence-corrected chi connectivity index (χ2v) is 5.17. The number of amides is 2. The summed E-state index contributed by atoms with van der Waals surface area (Å²) >= 11 is 0. The third-order valence-electron chi connectivity index (χ3n) is 3.37. The number of benzene rings is 1. The lowest BCUT2D eigenvalue weighted by Crippen LogP contribution is -2.46. The minimum absolute atomic E-state index is 0.0911. The van der Waals surface area contributed by atoms with Gasteiger partial charge < -0.3 is 10.6 Å². The molecule has 5 nitrogen and oxygen atoms in total. The van der Waals surface area contributed by atoms with Crippen molar-refractivity contribution in [2.45, 2.75) is 26.8 Å². The third-order valence-corrected chi connectivity index (χ3v) is 3.37. The zero-order chi connectivity index (χ0) is 16.1. The number of anilines is 2. The summed E-state index contributed by atoms with van der Waals surface area (Å²) in [5, 5.41) is 5.56. The molecule has 114 valence electrons. The van der Waals surface area contributed by atoms with Gasteiger partial charge in [0.1, 0.15) is 0 Å². The number of nitrogens with zero attached hydrogens (tertiary/aromatic N) is 1. The largest absolute Gasteiger partial charge is 0.326 e. The molecule has 1 heterocycles. The molecule has 0 saturated heterocycles. The van der Waals surface area contributed by atoms with E-state index in [9.17, 15) is 9.59 Å². The second-order valence-electron chi connectivity index (χ2n) is 5.17. The van der Waals surface area contributed by atoms with Gasteiger partial charge in [-0.2, -0.15) is 4.57 Å². The van der Waals surface area contributed by atoms with Crippen molar-refractivity contribution < 1.29 is 14.2 Å². The van der Waals surface area contributed by atoms with Crippen LogP contribution in [-0.4, -0.2) is 11.8 Å². The molecule has 0 spiro atoms.